The molecule has 0 radical (unpaired) electrons. The van der Waals surface area contributed by atoms with E-state index in [0.29, 0.717) is 13.2 Å². The van der Waals surface area contributed by atoms with Gasteiger partial charge in [-0.25, -0.2) is 9.50 Å². The molecule has 0 aliphatic heterocycles. The highest BCUT2D eigenvalue weighted by Crippen LogP contribution is 2.30. The molecule has 0 bridgehead atoms. The molecule has 0 aliphatic carbocycles. The summed E-state index contributed by atoms with van der Waals surface area (Å²) in [5.74, 6) is 0.142. The summed E-state index contributed by atoms with van der Waals surface area (Å²) in [5, 5.41) is 6.49. The van der Waals surface area contributed by atoms with Gasteiger partial charge in [-0.15, -0.1) is 0 Å². The van der Waals surface area contributed by atoms with Gasteiger partial charge in [0.2, 0.25) is 5.88 Å². The van der Waals surface area contributed by atoms with Gasteiger partial charge in [-0.05, 0) is 6.54 Å². The number of likely N-dealkylation sites (N-methyl/N-ethyl adjacent to an activating group) is 1. The number of rotatable bonds is 5. The summed E-state index contributed by atoms with van der Waals surface area (Å²) in [6.07, 6.45) is -1.78. The van der Waals surface area contributed by atoms with Crippen molar-refractivity contribution >= 4 is 5.52 Å². The predicted octanol–water partition coefficient (Wildman–Crippen LogP) is 1.74. The van der Waals surface area contributed by atoms with Crippen LogP contribution >= 0.6 is 0 Å². The number of ether oxygens (including phenoxy) is 1. The van der Waals surface area contributed by atoms with Crippen LogP contribution in [0.4, 0.5) is 13.2 Å². The quantitative estimate of drug-likeness (QED) is 0.844. The molecule has 2 rings (SSSR count). The van der Waals surface area contributed by atoms with Gasteiger partial charge >= 0.3 is 6.18 Å². The number of nitrogens with zero attached hydrogens (tertiary/aromatic N) is 3. The summed E-state index contributed by atoms with van der Waals surface area (Å²) in [5.41, 5.74) is -0.761. The number of aromatic nitrogens is 3. The summed E-state index contributed by atoms with van der Waals surface area (Å²) in [6.45, 7) is 3.67. The zero-order valence-corrected chi connectivity index (χ0v) is 10.2. The fourth-order valence-corrected chi connectivity index (χ4v) is 1.54. The number of fused-ring (bicyclic) bond motifs is 1. The van der Waals surface area contributed by atoms with E-state index in [-0.39, 0.29) is 11.4 Å². The summed E-state index contributed by atoms with van der Waals surface area (Å²) in [6, 6.07) is 0.926. The van der Waals surface area contributed by atoms with Crippen LogP contribution in [0.15, 0.2) is 18.5 Å². The minimum atomic E-state index is -4.48. The fraction of sp³-hybridized carbons (Fsp3) is 0.455. The third-order valence-corrected chi connectivity index (χ3v) is 2.41. The summed E-state index contributed by atoms with van der Waals surface area (Å²) >= 11 is 0. The van der Waals surface area contributed by atoms with Crippen LogP contribution in [0, 0.1) is 0 Å². The number of hydrogen-bond donors (Lipinski definition) is 1. The molecule has 0 aliphatic rings. The smallest absolute Gasteiger partial charge is 0.435 e. The van der Waals surface area contributed by atoms with Crippen molar-refractivity contribution in [3.63, 3.8) is 0 Å². The Kier molecular flexibility index (Phi) is 3.89. The van der Waals surface area contributed by atoms with Crippen LogP contribution in [0.3, 0.4) is 0 Å². The van der Waals surface area contributed by atoms with Crippen molar-refractivity contribution in [2.75, 3.05) is 19.7 Å². The molecule has 1 N–H and O–H groups in total. The topological polar surface area (TPSA) is 51.5 Å². The average molecular weight is 274 g/mol. The molecule has 8 heteroatoms. The third kappa shape index (κ3) is 3.14. The number of halogens is 3. The molecule has 0 saturated heterocycles. The van der Waals surface area contributed by atoms with Crippen molar-refractivity contribution in [1.29, 1.82) is 0 Å². The van der Waals surface area contributed by atoms with Crippen LogP contribution in [0.1, 0.15) is 12.6 Å². The summed E-state index contributed by atoms with van der Waals surface area (Å²) in [7, 11) is 0. The molecule has 0 saturated carbocycles. The number of nitrogens with one attached hydrogen (secondary N) is 1. The molecule has 2 aromatic heterocycles. The van der Waals surface area contributed by atoms with Gasteiger partial charge in [0, 0.05) is 25.0 Å². The lowest BCUT2D eigenvalue weighted by atomic mass is 10.4. The van der Waals surface area contributed by atoms with Crippen LogP contribution in [-0.4, -0.2) is 34.3 Å². The molecular weight excluding hydrogens is 261 g/mol. The van der Waals surface area contributed by atoms with Gasteiger partial charge in [0.15, 0.2) is 5.69 Å². The zero-order chi connectivity index (χ0) is 13.9. The van der Waals surface area contributed by atoms with Crippen molar-refractivity contribution in [3.8, 4) is 5.88 Å². The molecule has 0 unspecified atom stereocenters. The van der Waals surface area contributed by atoms with E-state index in [1.807, 2.05) is 6.92 Å². The molecule has 2 aromatic rings. The molecule has 5 nitrogen and oxygen atoms in total. The molecule has 0 fully saturated rings. The summed E-state index contributed by atoms with van der Waals surface area (Å²) in [4.78, 5) is 3.92. The minimum Gasteiger partial charge on any atom is -0.475 e. The van der Waals surface area contributed by atoms with Crippen LogP contribution in [0.5, 0.6) is 5.88 Å². The Morgan fingerprint density at radius 1 is 1.42 bits per heavy atom. The fourth-order valence-electron chi connectivity index (χ4n) is 1.54. The molecule has 0 aromatic carbocycles. The zero-order valence-electron chi connectivity index (χ0n) is 10.2. The Labute approximate surface area is 107 Å². The highest BCUT2D eigenvalue weighted by molar-refractivity contribution is 5.56. The van der Waals surface area contributed by atoms with Gasteiger partial charge in [-0.1, -0.05) is 6.92 Å². The van der Waals surface area contributed by atoms with E-state index in [4.69, 9.17) is 4.74 Å². The summed E-state index contributed by atoms with van der Waals surface area (Å²) < 4.78 is 44.1. The molecule has 19 heavy (non-hydrogen) atoms. The van der Waals surface area contributed by atoms with Crippen molar-refractivity contribution in [1.82, 2.24) is 19.9 Å². The molecule has 0 atom stereocenters. The van der Waals surface area contributed by atoms with Crippen molar-refractivity contribution in [3.05, 3.63) is 24.2 Å². The van der Waals surface area contributed by atoms with E-state index < -0.39 is 11.9 Å². The number of hydrogen-bond acceptors (Lipinski definition) is 4. The van der Waals surface area contributed by atoms with E-state index in [1.54, 1.807) is 0 Å². The Bertz CT molecular complexity index is 552. The van der Waals surface area contributed by atoms with Gasteiger partial charge < -0.3 is 10.1 Å². The second kappa shape index (κ2) is 5.43. The first-order valence-electron chi connectivity index (χ1n) is 5.77. The maximum absolute atomic E-state index is 12.6. The molecule has 0 spiro atoms. The first kappa shape index (κ1) is 13.6. The normalized spacial score (nSPS) is 12.0. The van der Waals surface area contributed by atoms with Crippen molar-refractivity contribution in [2.45, 2.75) is 13.1 Å². The second-order valence-electron chi connectivity index (χ2n) is 3.79. The molecule has 104 valence electrons. The lowest BCUT2D eigenvalue weighted by Crippen LogP contribution is -2.20. The van der Waals surface area contributed by atoms with E-state index in [2.05, 4.69) is 15.4 Å². The lowest BCUT2D eigenvalue weighted by Gasteiger charge is -2.06. The third-order valence-electron chi connectivity index (χ3n) is 2.41. The Morgan fingerprint density at radius 3 is 2.89 bits per heavy atom. The second-order valence-corrected chi connectivity index (χ2v) is 3.79. The Hall–Kier alpha value is -1.83. The monoisotopic (exact) mass is 274 g/mol. The molecular formula is C11H13F3N4O. The maximum Gasteiger partial charge on any atom is 0.435 e. The molecule has 2 heterocycles. The molecule has 0 amide bonds. The lowest BCUT2D eigenvalue weighted by molar-refractivity contribution is -0.141. The van der Waals surface area contributed by atoms with Crippen molar-refractivity contribution in [2.24, 2.45) is 0 Å². The standard InChI is InChI=1S/C11H13F3N4O/c1-2-15-4-6-19-10-8-7-9(11(12,13)14)17-18(8)5-3-16-10/h3,5,7,15H,2,4,6H2,1H3. The highest BCUT2D eigenvalue weighted by Gasteiger charge is 2.34. The first-order valence-corrected chi connectivity index (χ1v) is 5.77. The Morgan fingerprint density at radius 2 is 2.21 bits per heavy atom. The van der Waals surface area contributed by atoms with Crippen LogP contribution in [0.2, 0.25) is 0 Å². The highest BCUT2D eigenvalue weighted by atomic mass is 19.4. The largest absolute Gasteiger partial charge is 0.475 e. The predicted molar refractivity (Wildman–Crippen MR) is 62.0 cm³/mol. The SMILES string of the molecule is CCNCCOc1nccn2nc(C(F)(F)F)cc12. The van der Waals surface area contributed by atoms with Crippen molar-refractivity contribution < 1.29 is 17.9 Å². The first-order chi connectivity index (χ1) is 9.02. The van der Waals surface area contributed by atoms with E-state index in [9.17, 15) is 13.2 Å². The average Bonchev–Trinajstić information content (AvgIpc) is 2.79. The van der Waals surface area contributed by atoms with Gasteiger partial charge in [-0.3, -0.25) is 0 Å². The minimum absolute atomic E-state index is 0.142. The van der Waals surface area contributed by atoms with Crippen LogP contribution < -0.4 is 10.1 Å². The van der Waals surface area contributed by atoms with E-state index in [1.165, 1.54) is 12.4 Å². The van der Waals surface area contributed by atoms with Gasteiger partial charge in [0.05, 0.1) is 0 Å². The van der Waals surface area contributed by atoms with Gasteiger partial charge in [0.25, 0.3) is 0 Å². The van der Waals surface area contributed by atoms with Gasteiger partial charge in [-0.2, -0.15) is 18.3 Å². The van der Waals surface area contributed by atoms with Gasteiger partial charge in [0.1, 0.15) is 12.1 Å². The van der Waals surface area contributed by atoms with Crippen LogP contribution in [0.25, 0.3) is 5.52 Å². The van der Waals surface area contributed by atoms with E-state index >= 15 is 0 Å². The number of alkyl halides is 3. The maximum atomic E-state index is 12.6. The van der Waals surface area contributed by atoms with Crippen LogP contribution in [-0.2, 0) is 6.18 Å². The van der Waals surface area contributed by atoms with E-state index in [0.717, 1.165) is 17.1 Å². The Balaban J connectivity index is 2.22.